The van der Waals surface area contributed by atoms with E-state index in [2.05, 4.69) is 25.6 Å². The van der Waals surface area contributed by atoms with Gasteiger partial charge in [-0.2, -0.15) is 4.80 Å². The van der Waals surface area contributed by atoms with Crippen LogP contribution in [0.1, 0.15) is 63.7 Å². The van der Waals surface area contributed by atoms with Crippen LogP contribution in [0.3, 0.4) is 0 Å². The second-order valence-electron chi connectivity index (χ2n) is 9.55. The molecule has 0 radical (unpaired) electrons. The largest absolute Gasteiger partial charge is 0.480 e. The molecule has 1 aromatic heterocycles. The van der Waals surface area contributed by atoms with Gasteiger partial charge in [0, 0.05) is 19.0 Å². The molecule has 4 rings (SSSR count). The summed E-state index contributed by atoms with van der Waals surface area (Å²) in [4.78, 5) is 26.9. The van der Waals surface area contributed by atoms with Gasteiger partial charge in [0.2, 0.25) is 0 Å². The Labute approximate surface area is 200 Å². The highest BCUT2D eigenvalue weighted by Gasteiger charge is 2.42. The van der Waals surface area contributed by atoms with Crippen LogP contribution in [0.25, 0.3) is 0 Å². The number of carboxylic acids is 2. The lowest BCUT2D eigenvalue weighted by atomic mass is 9.69. The predicted octanol–water partition coefficient (Wildman–Crippen LogP) is 1.82. The quantitative estimate of drug-likeness (QED) is 0.543. The van der Waals surface area contributed by atoms with Crippen LogP contribution in [0.4, 0.5) is 0 Å². The van der Waals surface area contributed by atoms with E-state index in [1.807, 2.05) is 13.8 Å². The lowest BCUT2D eigenvalue weighted by molar-refractivity contribution is -0.143. The number of carboxylic acid groups (broad SMARTS) is 2. The number of aromatic nitrogens is 4. The van der Waals surface area contributed by atoms with Gasteiger partial charge in [-0.1, -0.05) is 13.8 Å². The summed E-state index contributed by atoms with van der Waals surface area (Å²) in [7, 11) is 0. The molecule has 12 heteroatoms. The number of carbonyl (C=O) groups is 2. The number of likely N-dealkylation sites (tertiary alicyclic amines) is 1. The lowest BCUT2D eigenvalue weighted by Crippen LogP contribution is -2.50. The van der Waals surface area contributed by atoms with Crippen molar-refractivity contribution in [3.8, 4) is 0 Å². The van der Waals surface area contributed by atoms with E-state index in [1.165, 1.54) is 0 Å². The summed E-state index contributed by atoms with van der Waals surface area (Å²) in [6.07, 6.45) is 4.26. The van der Waals surface area contributed by atoms with E-state index in [9.17, 15) is 19.8 Å². The van der Waals surface area contributed by atoms with Crippen LogP contribution in [0, 0.1) is 17.8 Å². The Kier molecular flexibility index (Phi) is 9.27. The molecule has 3 N–H and O–H groups in total. The van der Waals surface area contributed by atoms with Crippen molar-refractivity contribution in [3.05, 3.63) is 5.82 Å². The molecule has 3 heterocycles. The summed E-state index contributed by atoms with van der Waals surface area (Å²) in [5, 5.41) is 35.0. The van der Waals surface area contributed by atoms with E-state index >= 15 is 0 Å². The van der Waals surface area contributed by atoms with Gasteiger partial charge >= 0.3 is 11.9 Å². The number of rotatable bonds is 6. The number of piperidine rings is 1. The van der Waals surface area contributed by atoms with E-state index in [4.69, 9.17) is 0 Å². The average molecular weight is 493 g/mol. The molecule has 10 nitrogen and oxygen atoms in total. The maximum absolute atomic E-state index is 11.9. The minimum absolute atomic E-state index is 0. The van der Waals surface area contributed by atoms with Gasteiger partial charge in [0.25, 0.3) is 0 Å². The SMILES string of the molecule is CC(C)c1nnn(C2CC(C(=O)O)N(CC3CCC4CNC(C(=O)O)CC4C3)C2)n1.Cl.Cl. The van der Waals surface area contributed by atoms with Gasteiger partial charge in [-0.15, -0.1) is 35.0 Å². The van der Waals surface area contributed by atoms with E-state index in [0.29, 0.717) is 43.0 Å². The predicted molar refractivity (Wildman–Crippen MR) is 121 cm³/mol. The van der Waals surface area contributed by atoms with Crippen molar-refractivity contribution in [2.45, 2.75) is 70.0 Å². The van der Waals surface area contributed by atoms with Gasteiger partial charge in [0.05, 0.1) is 6.04 Å². The maximum Gasteiger partial charge on any atom is 0.321 e. The first-order chi connectivity index (χ1) is 14.3. The lowest BCUT2D eigenvalue weighted by Gasteiger charge is -2.42. The van der Waals surface area contributed by atoms with Gasteiger partial charge < -0.3 is 15.5 Å². The average Bonchev–Trinajstić information content (AvgIpc) is 3.34. The molecule has 0 spiro atoms. The van der Waals surface area contributed by atoms with Crippen LogP contribution < -0.4 is 5.32 Å². The Morgan fingerprint density at radius 2 is 1.84 bits per heavy atom. The van der Waals surface area contributed by atoms with Crippen LogP contribution in [-0.4, -0.2) is 79.0 Å². The molecule has 0 bridgehead atoms. The molecule has 6 unspecified atom stereocenters. The summed E-state index contributed by atoms with van der Waals surface area (Å²) in [6.45, 7) is 6.12. The van der Waals surface area contributed by atoms with Crippen molar-refractivity contribution >= 4 is 36.8 Å². The van der Waals surface area contributed by atoms with Crippen molar-refractivity contribution in [2.24, 2.45) is 17.8 Å². The van der Waals surface area contributed by atoms with Crippen molar-refractivity contribution in [1.82, 2.24) is 30.4 Å². The highest BCUT2D eigenvalue weighted by molar-refractivity contribution is 5.85. The highest BCUT2D eigenvalue weighted by atomic mass is 35.5. The highest BCUT2D eigenvalue weighted by Crippen LogP contribution is 2.40. The Bertz CT molecular complexity index is 794. The third-order valence-electron chi connectivity index (χ3n) is 7.16. The Balaban J connectivity index is 0.00000181. The Morgan fingerprint density at radius 1 is 1.09 bits per heavy atom. The molecular weight excluding hydrogens is 459 g/mol. The molecule has 1 aromatic rings. The third kappa shape index (κ3) is 5.70. The van der Waals surface area contributed by atoms with Gasteiger partial charge in [0.15, 0.2) is 5.82 Å². The molecule has 1 aliphatic carbocycles. The number of fused-ring (bicyclic) bond motifs is 1. The normalized spacial score (nSPS) is 32.6. The van der Waals surface area contributed by atoms with E-state index in [1.54, 1.807) is 4.80 Å². The first-order valence-electron chi connectivity index (χ1n) is 11.0. The first-order valence-corrected chi connectivity index (χ1v) is 11.0. The van der Waals surface area contributed by atoms with Gasteiger partial charge in [-0.05, 0) is 61.6 Å². The monoisotopic (exact) mass is 492 g/mol. The maximum atomic E-state index is 11.9. The van der Waals surface area contributed by atoms with E-state index in [0.717, 1.165) is 32.4 Å². The zero-order valence-corrected chi connectivity index (χ0v) is 20.1. The summed E-state index contributed by atoms with van der Waals surface area (Å²) < 4.78 is 0. The van der Waals surface area contributed by atoms with Crippen LogP contribution in [0.2, 0.25) is 0 Å². The third-order valence-corrected chi connectivity index (χ3v) is 7.16. The molecule has 6 atom stereocenters. The molecular formula is C20H34Cl2N6O4. The fourth-order valence-corrected chi connectivity index (χ4v) is 5.47. The van der Waals surface area contributed by atoms with Gasteiger partial charge in [-0.3, -0.25) is 14.5 Å². The standard InChI is InChI=1S/C20H32N6O4.2ClH/c1-11(2)18-22-24-26(23-18)15-7-17(20(29)30)25(10-15)9-12-3-4-13-8-21-16(19(27)28)6-14(13)5-12;;/h11-17,21H,3-10H2,1-2H3,(H,27,28)(H,29,30);2*1H. The number of aliphatic carboxylic acids is 2. The number of halogens is 2. The summed E-state index contributed by atoms with van der Waals surface area (Å²) in [6, 6.07) is -1.08. The summed E-state index contributed by atoms with van der Waals surface area (Å²) in [5.74, 6) is 0.618. The Hall–Kier alpha value is -1.49. The second kappa shape index (κ2) is 11.1. The molecule has 0 amide bonds. The van der Waals surface area contributed by atoms with Crippen molar-refractivity contribution in [3.63, 3.8) is 0 Å². The van der Waals surface area contributed by atoms with Crippen LogP contribution in [-0.2, 0) is 9.59 Å². The minimum Gasteiger partial charge on any atom is -0.480 e. The van der Waals surface area contributed by atoms with Gasteiger partial charge in [-0.25, -0.2) is 0 Å². The fraction of sp³-hybridized carbons (Fsp3) is 0.850. The Morgan fingerprint density at radius 3 is 2.47 bits per heavy atom. The molecule has 1 saturated carbocycles. The number of nitrogens with zero attached hydrogens (tertiary/aromatic N) is 5. The van der Waals surface area contributed by atoms with Crippen molar-refractivity contribution in [1.29, 1.82) is 0 Å². The smallest absolute Gasteiger partial charge is 0.321 e. The zero-order chi connectivity index (χ0) is 21.4. The van der Waals surface area contributed by atoms with E-state index < -0.39 is 24.0 Å². The molecule has 2 aliphatic heterocycles. The van der Waals surface area contributed by atoms with Gasteiger partial charge in [0.1, 0.15) is 12.1 Å². The topological polar surface area (TPSA) is 133 Å². The number of tetrazole rings is 1. The number of hydrogen-bond acceptors (Lipinski definition) is 7. The molecule has 2 saturated heterocycles. The van der Waals surface area contributed by atoms with Crippen LogP contribution in [0.5, 0.6) is 0 Å². The van der Waals surface area contributed by atoms with Crippen LogP contribution in [0.15, 0.2) is 0 Å². The molecule has 3 fully saturated rings. The van der Waals surface area contributed by atoms with Crippen LogP contribution >= 0.6 is 24.8 Å². The molecule has 182 valence electrons. The van der Waals surface area contributed by atoms with Crippen molar-refractivity contribution in [2.75, 3.05) is 19.6 Å². The van der Waals surface area contributed by atoms with Crippen molar-refractivity contribution < 1.29 is 19.8 Å². The minimum atomic E-state index is -0.803. The fourth-order valence-electron chi connectivity index (χ4n) is 5.47. The molecule has 32 heavy (non-hydrogen) atoms. The summed E-state index contributed by atoms with van der Waals surface area (Å²) >= 11 is 0. The van der Waals surface area contributed by atoms with E-state index in [-0.39, 0.29) is 36.8 Å². The summed E-state index contributed by atoms with van der Waals surface area (Å²) in [5.41, 5.74) is 0. The number of hydrogen-bond donors (Lipinski definition) is 3. The second-order valence-corrected chi connectivity index (χ2v) is 9.55. The zero-order valence-electron chi connectivity index (χ0n) is 18.5. The number of nitrogens with one attached hydrogen (secondary N) is 1. The molecule has 3 aliphatic rings. The molecule has 0 aromatic carbocycles. The first kappa shape index (κ1) is 26.8.